The lowest BCUT2D eigenvalue weighted by atomic mass is 9.69. The van der Waals surface area contributed by atoms with Gasteiger partial charge in [-0.05, 0) is 84.5 Å². The van der Waals surface area contributed by atoms with Crippen molar-refractivity contribution in [1.29, 1.82) is 0 Å². The van der Waals surface area contributed by atoms with Gasteiger partial charge in [-0.25, -0.2) is 9.59 Å². The number of fused-ring (bicyclic) bond motifs is 1. The number of hydrogen-bond donors (Lipinski definition) is 0. The van der Waals surface area contributed by atoms with Crippen LogP contribution in [0.5, 0.6) is 0 Å². The van der Waals surface area contributed by atoms with Crippen LogP contribution in [0.1, 0.15) is 66.7 Å². The number of carbonyl (C=O) groups excluding carboxylic acids is 3. The van der Waals surface area contributed by atoms with Gasteiger partial charge in [-0.3, -0.25) is 14.6 Å². The quantitative estimate of drug-likeness (QED) is 0.284. The van der Waals surface area contributed by atoms with E-state index in [0.29, 0.717) is 42.2 Å². The van der Waals surface area contributed by atoms with E-state index in [0.717, 1.165) is 38.8 Å². The Balaban J connectivity index is 1.67. The van der Waals surface area contributed by atoms with Crippen molar-refractivity contribution in [2.75, 3.05) is 32.8 Å². The molecule has 1 aliphatic carbocycles. The van der Waals surface area contributed by atoms with Gasteiger partial charge < -0.3 is 14.2 Å². The van der Waals surface area contributed by atoms with Crippen molar-refractivity contribution in [2.24, 2.45) is 17.8 Å². The maximum Gasteiger partial charge on any atom is 0.411 e. The Bertz CT molecular complexity index is 741. The largest absolute Gasteiger partial charge is 0.465 e. The fourth-order valence-corrected chi connectivity index (χ4v) is 6.49. The molecule has 3 rings (SSSR count). The predicted octanol–water partition coefficient (Wildman–Crippen LogP) is 3.99. The first-order valence-corrected chi connectivity index (χ1v) is 13.6. The van der Waals surface area contributed by atoms with E-state index < -0.39 is 17.7 Å². The Kier molecular flexibility index (Phi) is 9.29. The predicted molar refractivity (Wildman–Crippen MR) is 132 cm³/mol. The lowest BCUT2D eigenvalue weighted by molar-refractivity contribution is -0.153. The van der Waals surface area contributed by atoms with Crippen molar-refractivity contribution in [1.82, 2.24) is 9.80 Å². The first kappa shape index (κ1) is 27.2. The summed E-state index contributed by atoms with van der Waals surface area (Å²) in [5.41, 5.74) is -0.622. The van der Waals surface area contributed by atoms with Crippen LogP contribution in [-0.2, 0) is 23.8 Å². The summed E-state index contributed by atoms with van der Waals surface area (Å²) in [6.45, 7) is 12.0. The summed E-state index contributed by atoms with van der Waals surface area (Å²) < 4.78 is 16.3. The molecule has 6 atom stereocenters. The monoisotopic (exact) mass is 544 g/mol. The Labute approximate surface area is 212 Å². The third-order valence-corrected chi connectivity index (χ3v) is 7.84. The molecule has 0 aromatic heterocycles. The zero-order valence-electron chi connectivity index (χ0n) is 21.3. The zero-order valence-corrected chi connectivity index (χ0v) is 22.8. The number of carbonyl (C=O) groups is 3. The van der Waals surface area contributed by atoms with Gasteiger partial charge >= 0.3 is 18.0 Å². The van der Waals surface area contributed by atoms with E-state index in [2.05, 4.69) is 20.8 Å². The molecule has 0 radical (unpaired) electrons. The lowest BCUT2D eigenvalue weighted by Crippen LogP contribution is -2.56. The van der Waals surface area contributed by atoms with Gasteiger partial charge in [0.05, 0.1) is 13.2 Å². The highest BCUT2D eigenvalue weighted by molar-refractivity contribution is 9.09. The molecular formula is C25H41BrN2O6. The summed E-state index contributed by atoms with van der Waals surface area (Å²) in [6.07, 6.45) is 3.96. The van der Waals surface area contributed by atoms with E-state index in [1.54, 1.807) is 11.8 Å². The molecule has 3 fully saturated rings. The average Bonchev–Trinajstić information content (AvgIpc) is 3.12. The van der Waals surface area contributed by atoms with E-state index in [-0.39, 0.29) is 24.6 Å². The van der Waals surface area contributed by atoms with Gasteiger partial charge in [-0.15, -0.1) is 0 Å². The molecule has 1 amide bonds. The second-order valence-electron chi connectivity index (χ2n) is 10.9. The van der Waals surface area contributed by atoms with E-state index in [1.165, 1.54) is 0 Å². The molecule has 194 valence electrons. The maximum atomic E-state index is 12.9. The number of hydrogen-bond acceptors (Lipinski definition) is 7. The van der Waals surface area contributed by atoms with Crippen LogP contribution in [0, 0.1) is 17.8 Å². The lowest BCUT2D eigenvalue weighted by Gasteiger charge is -2.47. The number of amides is 1. The Morgan fingerprint density at radius 3 is 2.15 bits per heavy atom. The van der Waals surface area contributed by atoms with Gasteiger partial charge in [0.1, 0.15) is 17.7 Å². The summed E-state index contributed by atoms with van der Waals surface area (Å²) in [4.78, 5) is 42.3. The molecule has 34 heavy (non-hydrogen) atoms. The molecule has 2 saturated heterocycles. The van der Waals surface area contributed by atoms with E-state index >= 15 is 0 Å². The number of halogens is 1. The third-order valence-electron chi connectivity index (χ3n) is 7.17. The van der Waals surface area contributed by atoms with Crippen molar-refractivity contribution in [2.45, 2.75) is 89.2 Å². The number of esters is 2. The molecule has 3 aliphatic rings. The van der Waals surface area contributed by atoms with Crippen molar-refractivity contribution < 1.29 is 28.6 Å². The first-order valence-electron chi connectivity index (χ1n) is 12.7. The summed E-state index contributed by atoms with van der Waals surface area (Å²) >= 11 is 3.69. The van der Waals surface area contributed by atoms with Gasteiger partial charge in [0.15, 0.2) is 0 Å². The van der Waals surface area contributed by atoms with E-state index in [1.807, 2.05) is 27.7 Å². The van der Waals surface area contributed by atoms with Crippen molar-refractivity contribution in [3.05, 3.63) is 0 Å². The highest BCUT2D eigenvalue weighted by Gasteiger charge is 2.46. The normalized spacial score (nSPS) is 32.1. The van der Waals surface area contributed by atoms with Crippen LogP contribution in [0.15, 0.2) is 0 Å². The molecule has 2 heterocycles. The van der Waals surface area contributed by atoms with Crippen LogP contribution >= 0.6 is 15.9 Å². The Morgan fingerprint density at radius 1 is 0.882 bits per heavy atom. The van der Waals surface area contributed by atoms with Crippen LogP contribution in [0.25, 0.3) is 0 Å². The fraction of sp³-hybridized carbons (Fsp3) is 0.880. The molecule has 0 spiro atoms. The van der Waals surface area contributed by atoms with Crippen molar-refractivity contribution in [3.63, 3.8) is 0 Å². The molecule has 4 unspecified atom stereocenters. The smallest absolute Gasteiger partial charge is 0.411 e. The van der Waals surface area contributed by atoms with Crippen LogP contribution in [-0.4, -0.2) is 83.2 Å². The van der Waals surface area contributed by atoms with Gasteiger partial charge in [0, 0.05) is 24.5 Å². The van der Waals surface area contributed by atoms with Crippen LogP contribution < -0.4 is 0 Å². The highest BCUT2D eigenvalue weighted by atomic mass is 79.9. The third kappa shape index (κ3) is 6.86. The van der Waals surface area contributed by atoms with E-state index in [4.69, 9.17) is 14.2 Å². The number of piperidine rings is 1. The maximum absolute atomic E-state index is 12.9. The molecule has 0 aromatic rings. The number of rotatable bonds is 6. The zero-order chi connectivity index (χ0) is 25.0. The summed E-state index contributed by atoms with van der Waals surface area (Å²) in [7, 11) is 0. The molecule has 0 N–H and O–H groups in total. The van der Waals surface area contributed by atoms with Crippen LogP contribution in [0.2, 0.25) is 0 Å². The fourth-order valence-electron chi connectivity index (χ4n) is 5.76. The Morgan fingerprint density at radius 2 is 1.53 bits per heavy atom. The summed E-state index contributed by atoms with van der Waals surface area (Å²) in [5.74, 6) is 0.657. The average molecular weight is 546 g/mol. The van der Waals surface area contributed by atoms with Gasteiger partial charge in [0.2, 0.25) is 0 Å². The van der Waals surface area contributed by atoms with E-state index in [9.17, 15) is 14.4 Å². The van der Waals surface area contributed by atoms with Crippen LogP contribution in [0.4, 0.5) is 4.79 Å². The van der Waals surface area contributed by atoms with Crippen molar-refractivity contribution in [3.8, 4) is 0 Å². The molecule has 0 aromatic carbocycles. The minimum Gasteiger partial charge on any atom is -0.465 e. The SMILES string of the molecule is CCOC(=O)C1CC2CC(CN3C[C@@H](Br)C[C@H]3C(=O)OCC)CCC2CN1C(=O)OC(C)(C)C. The van der Waals surface area contributed by atoms with Gasteiger partial charge in [0.25, 0.3) is 0 Å². The van der Waals surface area contributed by atoms with Gasteiger partial charge in [-0.1, -0.05) is 15.9 Å². The van der Waals surface area contributed by atoms with Gasteiger partial charge in [-0.2, -0.15) is 0 Å². The number of alkyl halides is 1. The topological polar surface area (TPSA) is 85.4 Å². The summed E-state index contributed by atoms with van der Waals surface area (Å²) in [6, 6.07) is -0.802. The molecular weight excluding hydrogens is 504 g/mol. The summed E-state index contributed by atoms with van der Waals surface area (Å²) in [5, 5.41) is 0. The van der Waals surface area contributed by atoms with Crippen LogP contribution in [0.3, 0.4) is 0 Å². The molecule has 0 bridgehead atoms. The van der Waals surface area contributed by atoms with Crippen molar-refractivity contribution >= 4 is 34.0 Å². The number of likely N-dealkylation sites (tertiary alicyclic amines) is 2. The standard InChI is InChI=1S/C25H41BrN2O6/c1-6-32-22(29)20-12-19(26)15-27(20)13-16-8-9-17-14-28(24(31)34-25(3,4)5)21(11-18(17)10-16)23(30)33-7-2/h16-21H,6-15H2,1-5H3/t16?,17?,18?,19-,20-,21?/m0/s1. The second kappa shape index (κ2) is 11.6. The highest BCUT2D eigenvalue weighted by Crippen LogP contribution is 2.42. The minimum atomic E-state index is -0.622. The molecule has 1 saturated carbocycles. The molecule has 8 nitrogen and oxygen atoms in total. The number of ether oxygens (including phenoxy) is 3. The number of nitrogens with zero attached hydrogens (tertiary/aromatic N) is 2. The first-order chi connectivity index (χ1) is 16.0. The second-order valence-corrected chi connectivity index (χ2v) is 12.2. The Hall–Kier alpha value is -1.35. The molecule has 2 aliphatic heterocycles. The minimum absolute atomic E-state index is 0.133. The molecule has 9 heteroatoms.